The van der Waals surface area contributed by atoms with Gasteiger partial charge in [0.2, 0.25) is 0 Å². The third-order valence-electron chi connectivity index (χ3n) is 5.84. The van der Waals surface area contributed by atoms with Crippen molar-refractivity contribution in [1.82, 2.24) is 15.1 Å². The number of benzene rings is 2. The van der Waals surface area contributed by atoms with Gasteiger partial charge in [-0.2, -0.15) is 5.10 Å². The molecule has 1 aliphatic rings. The number of amides is 1. The van der Waals surface area contributed by atoms with E-state index in [0.717, 1.165) is 39.6 Å². The fourth-order valence-electron chi connectivity index (χ4n) is 4.30. The van der Waals surface area contributed by atoms with E-state index in [2.05, 4.69) is 10.2 Å². The first-order valence-corrected chi connectivity index (χ1v) is 10.4. The van der Waals surface area contributed by atoms with Crippen LogP contribution in [0.1, 0.15) is 33.4 Å². The van der Waals surface area contributed by atoms with Crippen LogP contribution in [0.4, 0.5) is 0 Å². The lowest BCUT2D eigenvalue weighted by Crippen LogP contribution is -2.31. The van der Waals surface area contributed by atoms with Crippen LogP contribution in [0.15, 0.2) is 71.3 Å². The molecule has 1 atom stereocenters. The van der Waals surface area contributed by atoms with Crippen LogP contribution in [0.2, 0.25) is 0 Å². The fraction of sp³-hybridized carbons (Fsp3) is 0.200. The third kappa shape index (κ3) is 3.32. The van der Waals surface area contributed by atoms with E-state index in [1.54, 1.807) is 20.5 Å². The summed E-state index contributed by atoms with van der Waals surface area (Å²) in [7, 11) is 3.28. The molecule has 0 spiro atoms. The van der Waals surface area contributed by atoms with Crippen molar-refractivity contribution in [2.75, 3.05) is 20.8 Å². The molecule has 2 aromatic carbocycles. The summed E-state index contributed by atoms with van der Waals surface area (Å²) in [5.74, 6) is 2.23. The van der Waals surface area contributed by atoms with Gasteiger partial charge >= 0.3 is 0 Å². The lowest BCUT2D eigenvalue weighted by Gasteiger charge is -2.27. The molecule has 0 aliphatic carbocycles. The molecule has 7 heteroatoms. The molecular weight excluding hydrogens is 406 g/mol. The van der Waals surface area contributed by atoms with Crippen LogP contribution in [0.5, 0.6) is 11.5 Å². The van der Waals surface area contributed by atoms with Gasteiger partial charge in [0.1, 0.15) is 23.0 Å². The summed E-state index contributed by atoms with van der Waals surface area (Å²) < 4.78 is 16.4. The van der Waals surface area contributed by atoms with Crippen LogP contribution >= 0.6 is 0 Å². The zero-order valence-electron chi connectivity index (χ0n) is 17.9. The van der Waals surface area contributed by atoms with Gasteiger partial charge in [0, 0.05) is 29.7 Å². The Labute approximate surface area is 185 Å². The number of rotatable bonds is 7. The molecule has 0 radical (unpaired) electrons. The summed E-state index contributed by atoms with van der Waals surface area (Å²) >= 11 is 0. The van der Waals surface area contributed by atoms with Crippen molar-refractivity contribution in [3.8, 4) is 22.8 Å². The van der Waals surface area contributed by atoms with Crippen LogP contribution in [-0.4, -0.2) is 41.8 Å². The van der Waals surface area contributed by atoms with Crippen LogP contribution in [-0.2, 0) is 6.42 Å². The molecule has 0 saturated heterocycles. The highest BCUT2D eigenvalue weighted by molar-refractivity contribution is 6.00. The highest BCUT2D eigenvalue weighted by Crippen LogP contribution is 2.45. The molecule has 5 rings (SSSR count). The number of carbonyl (C=O) groups is 1. The Morgan fingerprint density at radius 2 is 1.84 bits per heavy atom. The number of hydrogen-bond donors (Lipinski definition) is 1. The number of fused-ring (bicyclic) bond motifs is 1. The Bertz CT molecular complexity index is 1230. The first-order chi connectivity index (χ1) is 15.7. The Kier molecular flexibility index (Phi) is 5.15. The van der Waals surface area contributed by atoms with Gasteiger partial charge < -0.3 is 18.8 Å². The number of hydrogen-bond acceptors (Lipinski definition) is 5. The Balaban J connectivity index is 1.61. The first kappa shape index (κ1) is 19.9. The van der Waals surface area contributed by atoms with E-state index in [9.17, 15) is 4.79 Å². The van der Waals surface area contributed by atoms with E-state index in [1.807, 2.05) is 65.6 Å². The highest BCUT2D eigenvalue weighted by Gasteiger charge is 2.43. The Hall–Kier alpha value is -4.00. The number of carbonyl (C=O) groups excluding carboxylic acids is 1. The molecule has 0 saturated carbocycles. The van der Waals surface area contributed by atoms with Gasteiger partial charge in [-0.25, -0.2) is 0 Å². The molecule has 0 fully saturated rings. The zero-order chi connectivity index (χ0) is 22.1. The summed E-state index contributed by atoms with van der Waals surface area (Å²) in [5, 5.41) is 7.50. The minimum Gasteiger partial charge on any atom is -0.497 e. The van der Waals surface area contributed by atoms with Gasteiger partial charge in [0.15, 0.2) is 0 Å². The monoisotopic (exact) mass is 429 g/mol. The van der Waals surface area contributed by atoms with Crippen molar-refractivity contribution in [3.05, 3.63) is 89.5 Å². The standard InChI is InChI=1S/C25H23N3O4/c1-30-17-11-9-16(10-12-17)22-21-23(27-26-22)25(29)28(14-13-18-6-5-15-32-18)24(21)19-7-3-4-8-20(19)31-2/h3-12,15,24H,13-14H2,1-2H3,(H,26,27). The fourth-order valence-corrected chi connectivity index (χ4v) is 4.30. The van der Waals surface area contributed by atoms with E-state index in [0.29, 0.717) is 18.7 Å². The molecule has 3 heterocycles. The second-order valence-corrected chi connectivity index (χ2v) is 7.56. The SMILES string of the molecule is COc1ccc(-c2n[nH]c3c2C(c2ccccc2OC)N(CCc2ccco2)C3=O)cc1. The summed E-state index contributed by atoms with van der Waals surface area (Å²) in [5.41, 5.74) is 3.92. The quantitative estimate of drug-likeness (QED) is 0.469. The molecule has 32 heavy (non-hydrogen) atoms. The molecule has 7 nitrogen and oxygen atoms in total. The lowest BCUT2D eigenvalue weighted by molar-refractivity contribution is 0.0742. The van der Waals surface area contributed by atoms with Crippen molar-refractivity contribution in [3.63, 3.8) is 0 Å². The van der Waals surface area contributed by atoms with Crippen LogP contribution in [0.3, 0.4) is 0 Å². The molecule has 2 aromatic heterocycles. The van der Waals surface area contributed by atoms with Crippen molar-refractivity contribution in [1.29, 1.82) is 0 Å². The molecule has 1 unspecified atom stereocenters. The number of ether oxygens (including phenoxy) is 2. The number of H-pyrrole nitrogens is 1. The second-order valence-electron chi connectivity index (χ2n) is 7.56. The maximum atomic E-state index is 13.4. The van der Waals surface area contributed by atoms with Crippen LogP contribution < -0.4 is 9.47 Å². The van der Waals surface area contributed by atoms with Crippen molar-refractivity contribution in [2.24, 2.45) is 0 Å². The molecule has 162 valence electrons. The molecular formula is C25H23N3O4. The summed E-state index contributed by atoms with van der Waals surface area (Å²) in [6, 6.07) is 18.9. The molecule has 1 amide bonds. The Morgan fingerprint density at radius 3 is 2.56 bits per heavy atom. The number of para-hydroxylation sites is 1. The topological polar surface area (TPSA) is 80.6 Å². The summed E-state index contributed by atoms with van der Waals surface area (Å²) in [6.07, 6.45) is 2.26. The number of aromatic nitrogens is 2. The van der Waals surface area contributed by atoms with Gasteiger partial charge in [-0.3, -0.25) is 9.89 Å². The minimum atomic E-state index is -0.334. The van der Waals surface area contributed by atoms with Crippen LogP contribution in [0.25, 0.3) is 11.3 Å². The average molecular weight is 429 g/mol. The van der Waals surface area contributed by atoms with E-state index in [-0.39, 0.29) is 11.9 Å². The lowest BCUT2D eigenvalue weighted by atomic mass is 9.95. The van der Waals surface area contributed by atoms with E-state index in [4.69, 9.17) is 13.9 Å². The number of methoxy groups -OCH3 is 2. The van der Waals surface area contributed by atoms with E-state index in [1.165, 1.54) is 0 Å². The normalized spacial score (nSPS) is 15.1. The largest absolute Gasteiger partial charge is 0.497 e. The second kappa shape index (κ2) is 8.26. The number of furan rings is 1. The summed E-state index contributed by atoms with van der Waals surface area (Å²) in [4.78, 5) is 15.3. The van der Waals surface area contributed by atoms with Crippen molar-refractivity contribution in [2.45, 2.75) is 12.5 Å². The van der Waals surface area contributed by atoms with Crippen molar-refractivity contribution < 1.29 is 18.7 Å². The minimum absolute atomic E-state index is 0.0882. The van der Waals surface area contributed by atoms with Gasteiger partial charge in [-0.15, -0.1) is 0 Å². The molecule has 4 aromatic rings. The number of aromatic amines is 1. The first-order valence-electron chi connectivity index (χ1n) is 10.4. The number of nitrogens with zero attached hydrogens (tertiary/aromatic N) is 2. The smallest absolute Gasteiger partial charge is 0.273 e. The molecule has 0 bridgehead atoms. The Morgan fingerprint density at radius 1 is 1.03 bits per heavy atom. The molecule has 1 N–H and O–H groups in total. The predicted molar refractivity (Wildman–Crippen MR) is 119 cm³/mol. The van der Waals surface area contributed by atoms with Gasteiger partial charge in [0.05, 0.1) is 32.2 Å². The summed E-state index contributed by atoms with van der Waals surface area (Å²) in [6.45, 7) is 0.500. The van der Waals surface area contributed by atoms with Gasteiger partial charge in [0.25, 0.3) is 5.91 Å². The maximum Gasteiger partial charge on any atom is 0.273 e. The van der Waals surface area contributed by atoms with Crippen molar-refractivity contribution >= 4 is 5.91 Å². The van der Waals surface area contributed by atoms with Gasteiger partial charge in [-0.05, 0) is 42.5 Å². The maximum absolute atomic E-state index is 13.4. The number of nitrogens with one attached hydrogen (secondary N) is 1. The third-order valence-corrected chi connectivity index (χ3v) is 5.84. The average Bonchev–Trinajstić information content (AvgIpc) is 3.56. The molecule has 1 aliphatic heterocycles. The highest BCUT2D eigenvalue weighted by atomic mass is 16.5. The van der Waals surface area contributed by atoms with E-state index >= 15 is 0 Å². The van der Waals surface area contributed by atoms with Crippen LogP contribution in [0, 0.1) is 0 Å². The van der Waals surface area contributed by atoms with E-state index < -0.39 is 0 Å². The zero-order valence-corrected chi connectivity index (χ0v) is 17.9. The van der Waals surface area contributed by atoms with Gasteiger partial charge in [-0.1, -0.05) is 18.2 Å². The predicted octanol–water partition coefficient (Wildman–Crippen LogP) is 4.47.